The number of likely N-dealkylation sites (N-methyl/N-ethyl adjacent to an activating group) is 1. The lowest BCUT2D eigenvalue weighted by atomic mass is 10.3. The van der Waals surface area contributed by atoms with E-state index in [0.717, 1.165) is 0 Å². The van der Waals surface area contributed by atoms with Crippen LogP contribution in [0.4, 0.5) is 0 Å². The van der Waals surface area contributed by atoms with Gasteiger partial charge in [-0.1, -0.05) is 23.2 Å². The molecule has 2 rings (SSSR count). The predicted octanol–water partition coefficient (Wildman–Crippen LogP) is -0.169. The van der Waals surface area contributed by atoms with Gasteiger partial charge in [0.1, 0.15) is 18.1 Å². The number of ether oxygens (including phenoxy) is 1. The first-order chi connectivity index (χ1) is 9.91. The van der Waals surface area contributed by atoms with Crippen LogP contribution in [0.3, 0.4) is 0 Å². The topological polar surface area (TPSA) is 77.7 Å². The first-order valence-electron chi connectivity index (χ1n) is 6.37. The molecule has 0 fully saturated rings. The Kier molecular flexibility index (Phi) is 5.19. The Labute approximate surface area is 132 Å². The molecule has 2 N–H and O–H groups in total. The molecule has 21 heavy (non-hydrogen) atoms. The summed E-state index contributed by atoms with van der Waals surface area (Å²) >= 11 is 12.1. The van der Waals surface area contributed by atoms with Crippen LogP contribution < -0.4 is 10.7 Å². The Hall–Kier alpha value is -0.760. The minimum absolute atomic E-state index is 0.0778. The maximum absolute atomic E-state index is 9.08. The minimum Gasteiger partial charge on any atom is -0.394 e. The summed E-state index contributed by atoms with van der Waals surface area (Å²) in [6.45, 7) is -0.479. The summed E-state index contributed by atoms with van der Waals surface area (Å²) in [6, 6.07) is 3.30. The highest BCUT2D eigenvalue weighted by molar-refractivity contribution is 6.34. The van der Waals surface area contributed by atoms with Gasteiger partial charge in [0.15, 0.2) is 0 Å². The molecule has 0 saturated heterocycles. The van der Waals surface area contributed by atoms with Crippen LogP contribution in [0.15, 0.2) is 22.1 Å². The van der Waals surface area contributed by atoms with Crippen molar-refractivity contribution < 1.29 is 14.9 Å². The molecule has 116 valence electrons. The average Bonchev–Trinajstić information content (AvgIpc) is 2.80. The molecule has 1 unspecified atom stereocenters. The summed E-state index contributed by atoms with van der Waals surface area (Å²) in [6.07, 6.45) is -0.671. The number of aliphatic hydroxyl groups is 2. The van der Waals surface area contributed by atoms with Crippen molar-refractivity contribution in [3.63, 3.8) is 0 Å². The van der Waals surface area contributed by atoms with Crippen LogP contribution >= 0.6 is 23.2 Å². The second kappa shape index (κ2) is 6.56. The molecular weight excluding hydrogens is 317 g/mol. The fourth-order valence-electron chi connectivity index (χ4n) is 1.93. The summed E-state index contributed by atoms with van der Waals surface area (Å²) < 4.78 is 5.49. The van der Waals surface area contributed by atoms with Crippen molar-refractivity contribution in [1.29, 1.82) is 0 Å². The van der Waals surface area contributed by atoms with E-state index >= 15 is 0 Å². The number of halogens is 2. The van der Waals surface area contributed by atoms with Gasteiger partial charge in [0, 0.05) is 5.02 Å². The van der Waals surface area contributed by atoms with E-state index in [9.17, 15) is 0 Å². The molecule has 6 nitrogen and oxygen atoms in total. The van der Waals surface area contributed by atoms with Crippen LogP contribution in [0, 0.1) is 0 Å². The van der Waals surface area contributed by atoms with Gasteiger partial charge in [-0.05, 0) is 26.2 Å². The maximum atomic E-state index is 9.08. The number of hydrogen-bond acceptors (Lipinski definition) is 6. The predicted molar refractivity (Wildman–Crippen MR) is 79.1 cm³/mol. The fourth-order valence-corrected chi connectivity index (χ4v) is 2.46. The van der Waals surface area contributed by atoms with E-state index in [4.69, 9.17) is 38.2 Å². The third-order valence-electron chi connectivity index (χ3n) is 3.23. The fraction of sp³-hybridized carbons (Fsp3) is 0.538. The number of rotatable bonds is 6. The molecule has 1 heterocycles. The summed E-state index contributed by atoms with van der Waals surface area (Å²) in [5.41, 5.74) is 0. The molecule has 0 bridgehead atoms. The third kappa shape index (κ3) is 3.36. The van der Waals surface area contributed by atoms with Crippen molar-refractivity contribution in [2.75, 3.05) is 33.9 Å². The minimum atomic E-state index is -0.987. The van der Waals surface area contributed by atoms with Crippen LogP contribution in [-0.4, -0.2) is 60.9 Å². The molecule has 0 aliphatic carbocycles. The lowest BCUT2D eigenvalue weighted by Gasteiger charge is -2.31. The molecule has 1 atom stereocenters. The molecule has 1 aromatic rings. The first-order valence-corrected chi connectivity index (χ1v) is 7.13. The standard InChI is InChI=1S/C13H17Cl2N3O3/c1-18(2)13(7-21-9(5-19)6-20)16-11-4-8(14)3-10(15)12(11)17-13/h3-4,9,19-20H,5-7H2,1-2H3. The Balaban J connectivity index is 2.38. The van der Waals surface area contributed by atoms with Crippen molar-refractivity contribution in [2.45, 2.75) is 11.9 Å². The largest absolute Gasteiger partial charge is 0.394 e. The molecule has 0 amide bonds. The molecule has 0 aromatic heterocycles. The zero-order chi connectivity index (χ0) is 15.6. The molecule has 8 heteroatoms. The van der Waals surface area contributed by atoms with Crippen LogP contribution in [0.5, 0.6) is 0 Å². The molecule has 0 radical (unpaired) electrons. The quantitative estimate of drug-likeness (QED) is 0.757. The van der Waals surface area contributed by atoms with Crippen LogP contribution in [0.25, 0.3) is 0 Å². The molecule has 1 aliphatic rings. The van der Waals surface area contributed by atoms with E-state index in [1.165, 1.54) is 0 Å². The van der Waals surface area contributed by atoms with Crippen molar-refractivity contribution in [2.24, 2.45) is 9.98 Å². The maximum Gasteiger partial charge on any atom is 0.231 e. The summed E-state index contributed by atoms with van der Waals surface area (Å²) in [5.74, 6) is -0.987. The highest BCUT2D eigenvalue weighted by Crippen LogP contribution is 2.20. The second-order valence-electron chi connectivity index (χ2n) is 4.95. The lowest BCUT2D eigenvalue weighted by Crippen LogP contribution is -2.46. The van der Waals surface area contributed by atoms with Gasteiger partial charge in [0.2, 0.25) is 5.79 Å². The lowest BCUT2D eigenvalue weighted by molar-refractivity contribution is -0.0607. The van der Waals surface area contributed by atoms with Crippen LogP contribution in [0.2, 0.25) is 10.0 Å². The Morgan fingerprint density at radius 1 is 1.24 bits per heavy atom. The van der Waals surface area contributed by atoms with Gasteiger partial charge in [0.25, 0.3) is 0 Å². The number of aliphatic hydroxyl groups excluding tert-OH is 2. The number of benzene rings is 1. The Morgan fingerprint density at radius 3 is 2.48 bits per heavy atom. The van der Waals surface area contributed by atoms with E-state index in [1.807, 2.05) is 14.1 Å². The van der Waals surface area contributed by atoms with E-state index in [0.29, 0.717) is 20.8 Å². The third-order valence-corrected chi connectivity index (χ3v) is 3.74. The first kappa shape index (κ1) is 16.6. The zero-order valence-corrected chi connectivity index (χ0v) is 13.3. The second-order valence-corrected chi connectivity index (χ2v) is 5.79. The van der Waals surface area contributed by atoms with Crippen LogP contribution in [-0.2, 0) is 4.74 Å². The molecule has 0 spiro atoms. The van der Waals surface area contributed by atoms with Crippen molar-refractivity contribution in [1.82, 2.24) is 4.90 Å². The van der Waals surface area contributed by atoms with E-state index < -0.39 is 11.9 Å². The van der Waals surface area contributed by atoms with Gasteiger partial charge in [-0.15, -0.1) is 0 Å². The Morgan fingerprint density at radius 2 is 1.90 bits per heavy atom. The van der Waals surface area contributed by atoms with Gasteiger partial charge in [-0.2, -0.15) is 0 Å². The zero-order valence-electron chi connectivity index (χ0n) is 11.8. The van der Waals surface area contributed by atoms with E-state index in [1.54, 1.807) is 17.0 Å². The molecular formula is C13H17Cl2N3O3. The molecule has 0 saturated carbocycles. The number of fused-ring (bicyclic) bond motifs is 1. The van der Waals surface area contributed by atoms with Gasteiger partial charge in [0.05, 0.1) is 23.6 Å². The summed E-state index contributed by atoms with van der Waals surface area (Å²) in [7, 11) is 3.62. The van der Waals surface area contributed by atoms with E-state index in [-0.39, 0.29) is 19.8 Å². The van der Waals surface area contributed by atoms with Crippen molar-refractivity contribution in [3.8, 4) is 0 Å². The highest BCUT2D eigenvalue weighted by Gasteiger charge is 2.35. The summed E-state index contributed by atoms with van der Waals surface area (Å²) in [5, 5.41) is 20.2. The number of hydrogen-bond donors (Lipinski definition) is 2. The van der Waals surface area contributed by atoms with Gasteiger partial charge in [-0.3, -0.25) is 4.90 Å². The van der Waals surface area contributed by atoms with Gasteiger partial charge >= 0.3 is 0 Å². The molecule has 1 aromatic carbocycles. The Bertz CT molecular complexity index is 634. The van der Waals surface area contributed by atoms with Crippen molar-refractivity contribution >= 4 is 23.2 Å². The SMILES string of the molecule is CN(C)C1(COC(CO)CO)N=c2cc(Cl)cc(Cl)c2=N1. The molecule has 1 aliphatic heterocycles. The highest BCUT2D eigenvalue weighted by atomic mass is 35.5. The average molecular weight is 334 g/mol. The van der Waals surface area contributed by atoms with E-state index in [2.05, 4.69) is 9.98 Å². The van der Waals surface area contributed by atoms with Gasteiger partial charge < -0.3 is 14.9 Å². The van der Waals surface area contributed by atoms with Crippen LogP contribution in [0.1, 0.15) is 0 Å². The normalized spacial score (nSPS) is 20.6. The summed E-state index contributed by atoms with van der Waals surface area (Å²) in [4.78, 5) is 10.9. The monoisotopic (exact) mass is 333 g/mol. The van der Waals surface area contributed by atoms with Gasteiger partial charge in [-0.25, -0.2) is 9.98 Å². The smallest absolute Gasteiger partial charge is 0.231 e. The van der Waals surface area contributed by atoms with Crippen molar-refractivity contribution in [3.05, 3.63) is 32.9 Å². The number of nitrogens with zero attached hydrogens (tertiary/aromatic N) is 3.